The van der Waals surface area contributed by atoms with Gasteiger partial charge in [-0.1, -0.05) is 6.07 Å². The lowest BCUT2D eigenvalue weighted by Crippen LogP contribution is -2.56. The minimum Gasteiger partial charge on any atom is -0.257 e. The van der Waals surface area contributed by atoms with Gasteiger partial charge in [0.05, 0.1) is 0 Å². The Hall–Kier alpha value is -1.61. The highest BCUT2D eigenvalue weighted by Crippen LogP contribution is 2.16. The summed E-state index contributed by atoms with van der Waals surface area (Å²) < 4.78 is 0. The first kappa shape index (κ1) is 7.06. The van der Waals surface area contributed by atoms with Crippen LogP contribution in [0.2, 0.25) is 0 Å². The molecule has 0 bridgehead atoms. The predicted octanol–water partition coefficient (Wildman–Crippen LogP) is 0.223. The van der Waals surface area contributed by atoms with E-state index in [4.69, 9.17) is 0 Å². The number of rotatable bonds is 1. The van der Waals surface area contributed by atoms with Crippen molar-refractivity contribution < 1.29 is 10.8 Å². The number of hydrogen-bond donors (Lipinski definition) is 2. The van der Waals surface area contributed by atoms with E-state index in [0.717, 1.165) is 11.2 Å². The lowest BCUT2D eigenvalue weighted by atomic mass is 10.2. The molecular weight excluding hydrogens is 150 g/mol. The maximum absolute atomic E-state index is 3.64. The molecule has 12 heavy (non-hydrogen) atoms. The topological polar surface area (TPSA) is 53.8 Å². The summed E-state index contributed by atoms with van der Waals surface area (Å²) in [7, 11) is 0. The zero-order valence-electron chi connectivity index (χ0n) is 6.67. The summed E-state index contributed by atoms with van der Waals surface area (Å²) in [5.74, 6) is 3.64. The van der Waals surface area contributed by atoms with Crippen LogP contribution in [0.3, 0.4) is 0 Å². The molecule has 3 heteroatoms. The Morgan fingerprint density at radius 1 is 1.17 bits per heavy atom. The van der Waals surface area contributed by atoms with Gasteiger partial charge in [-0.25, -0.2) is 10.4 Å². The van der Waals surface area contributed by atoms with Crippen molar-refractivity contribution in [1.82, 2.24) is 0 Å². The van der Waals surface area contributed by atoms with Crippen LogP contribution in [0.5, 0.6) is 0 Å². The molecule has 60 valence electrons. The number of fused-ring (bicyclic) bond motifs is 1. The van der Waals surface area contributed by atoms with Crippen LogP contribution in [0.1, 0.15) is 0 Å². The van der Waals surface area contributed by atoms with Crippen molar-refractivity contribution in [1.29, 1.82) is 0 Å². The molecule has 0 spiro atoms. The van der Waals surface area contributed by atoms with E-state index in [2.05, 4.69) is 28.4 Å². The van der Waals surface area contributed by atoms with Crippen molar-refractivity contribution in [3.63, 3.8) is 0 Å². The molecule has 2 rings (SSSR count). The van der Waals surface area contributed by atoms with E-state index in [9.17, 15) is 0 Å². The molecule has 1 aromatic heterocycles. The molecule has 0 saturated carbocycles. The maximum Gasteiger partial charge on any atom is 0.239 e. The molecule has 0 aliphatic heterocycles. The Balaban J connectivity index is 2.79. The summed E-state index contributed by atoms with van der Waals surface area (Å²) in [5, 5.41) is 1.19. The average Bonchev–Trinajstić information content (AvgIpc) is 2.17. The molecule has 1 heterocycles. The van der Waals surface area contributed by atoms with Gasteiger partial charge in [-0.05, 0) is 18.2 Å². The Morgan fingerprint density at radius 3 is 2.83 bits per heavy atom. The molecule has 0 aliphatic rings. The fourth-order valence-corrected chi connectivity index (χ4v) is 1.30. The van der Waals surface area contributed by atoms with Crippen molar-refractivity contribution in [2.24, 2.45) is 0 Å². The zero-order valence-corrected chi connectivity index (χ0v) is 6.67. The second kappa shape index (κ2) is 2.79. The molecule has 0 amide bonds. The molecule has 0 fully saturated rings. The molecule has 0 saturated heterocycles. The number of benzene rings is 1. The zero-order chi connectivity index (χ0) is 8.39. The summed E-state index contributed by atoms with van der Waals surface area (Å²) in [4.78, 5) is 3.17. The van der Waals surface area contributed by atoms with Gasteiger partial charge < -0.3 is 0 Å². The number of quaternary nitrogens is 1. The smallest absolute Gasteiger partial charge is 0.239 e. The molecule has 0 unspecified atom stereocenters. The lowest BCUT2D eigenvalue weighted by Gasteiger charge is -1.96. The van der Waals surface area contributed by atoms with Crippen molar-refractivity contribution in [2.45, 2.75) is 0 Å². The SMILES string of the molecule is [NH3+]Nc1cccc2ccc[nH+]c12. The van der Waals surface area contributed by atoms with Gasteiger partial charge in [0.2, 0.25) is 5.52 Å². The van der Waals surface area contributed by atoms with Gasteiger partial charge >= 0.3 is 0 Å². The number of pyridine rings is 1. The van der Waals surface area contributed by atoms with E-state index in [1.165, 1.54) is 5.39 Å². The van der Waals surface area contributed by atoms with Crippen LogP contribution in [-0.4, -0.2) is 0 Å². The van der Waals surface area contributed by atoms with Gasteiger partial charge in [-0.15, -0.1) is 0 Å². The van der Waals surface area contributed by atoms with Crippen molar-refractivity contribution in [3.05, 3.63) is 36.5 Å². The van der Waals surface area contributed by atoms with E-state index in [1.807, 2.05) is 24.4 Å². The first-order chi connectivity index (χ1) is 5.92. The Bertz CT molecular complexity index is 392. The van der Waals surface area contributed by atoms with E-state index in [1.54, 1.807) is 0 Å². The molecule has 0 radical (unpaired) electrons. The number of para-hydroxylation sites is 1. The molecule has 2 aromatic rings. The van der Waals surface area contributed by atoms with Crippen molar-refractivity contribution in [2.75, 3.05) is 5.43 Å². The van der Waals surface area contributed by atoms with E-state index < -0.39 is 0 Å². The van der Waals surface area contributed by atoms with Crippen molar-refractivity contribution >= 4 is 16.6 Å². The van der Waals surface area contributed by atoms with Crippen LogP contribution in [0.4, 0.5) is 5.69 Å². The predicted molar refractivity (Wildman–Crippen MR) is 47.0 cm³/mol. The van der Waals surface area contributed by atoms with Crippen LogP contribution in [-0.2, 0) is 0 Å². The van der Waals surface area contributed by atoms with E-state index >= 15 is 0 Å². The van der Waals surface area contributed by atoms with Gasteiger partial charge in [0.25, 0.3) is 0 Å². The normalized spacial score (nSPS) is 10.1. The van der Waals surface area contributed by atoms with E-state index in [-0.39, 0.29) is 0 Å². The number of hydrogen-bond acceptors (Lipinski definition) is 1. The third-order valence-corrected chi connectivity index (χ3v) is 1.89. The number of nitrogens with one attached hydrogen (secondary N) is 2. The first-order valence-electron chi connectivity index (χ1n) is 3.84. The summed E-state index contributed by atoms with van der Waals surface area (Å²) in [6.07, 6.45) is 1.91. The third-order valence-electron chi connectivity index (χ3n) is 1.89. The minimum atomic E-state index is 1.02. The third kappa shape index (κ3) is 1.00. The summed E-state index contributed by atoms with van der Waals surface area (Å²) in [6, 6.07) is 10.1. The van der Waals surface area contributed by atoms with Gasteiger partial charge in [0.15, 0.2) is 11.9 Å². The fourth-order valence-electron chi connectivity index (χ4n) is 1.30. The summed E-state index contributed by atoms with van der Waals surface area (Å²) in [5.41, 5.74) is 5.00. The second-order valence-electron chi connectivity index (χ2n) is 2.62. The van der Waals surface area contributed by atoms with E-state index in [0.29, 0.717) is 0 Å². The highest BCUT2D eigenvalue weighted by Gasteiger charge is 2.04. The summed E-state index contributed by atoms with van der Waals surface area (Å²) >= 11 is 0. The number of H-pyrrole nitrogens is 1. The molecule has 5 N–H and O–H groups in total. The molecule has 3 nitrogen and oxygen atoms in total. The fraction of sp³-hybridized carbons (Fsp3) is 0. The van der Waals surface area contributed by atoms with Crippen molar-refractivity contribution in [3.8, 4) is 0 Å². The quantitative estimate of drug-likeness (QED) is 0.578. The Morgan fingerprint density at radius 2 is 2.00 bits per heavy atom. The molecule has 0 aliphatic carbocycles. The number of anilines is 1. The van der Waals surface area contributed by atoms with Gasteiger partial charge in [-0.2, -0.15) is 0 Å². The number of aromatic nitrogens is 1. The monoisotopic (exact) mass is 161 g/mol. The van der Waals surface area contributed by atoms with Crippen LogP contribution in [0.15, 0.2) is 36.5 Å². The standard InChI is InChI=1S/C9H9N3/c10-12-8-5-1-3-7-4-2-6-11-9(7)8/h1-6,12H,10H2/p+2. The summed E-state index contributed by atoms with van der Waals surface area (Å²) in [6.45, 7) is 0. The number of aromatic amines is 1. The maximum atomic E-state index is 3.64. The van der Waals surface area contributed by atoms with Crippen LogP contribution >= 0.6 is 0 Å². The highest BCUT2D eigenvalue weighted by molar-refractivity contribution is 5.86. The Labute approximate surface area is 70.2 Å². The first-order valence-corrected chi connectivity index (χ1v) is 3.84. The molecule has 1 aromatic carbocycles. The Kier molecular flexibility index (Phi) is 1.64. The lowest BCUT2D eigenvalue weighted by molar-refractivity contribution is -0.348. The van der Waals surface area contributed by atoms with Crippen LogP contribution < -0.4 is 16.3 Å². The minimum absolute atomic E-state index is 1.02. The van der Waals surface area contributed by atoms with Crippen LogP contribution in [0, 0.1) is 0 Å². The average molecular weight is 161 g/mol. The van der Waals surface area contributed by atoms with Gasteiger partial charge in [-0.3, -0.25) is 5.84 Å². The van der Waals surface area contributed by atoms with Crippen LogP contribution in [0.25, 0.3) is 10.9 Å². The van der Waals surface area contributed by atoms with Gasteiger partial charge in [0.1, 0.15) is 0 Å². The molecule has 0 atom stereocenters. The highest BCUT2D eigenvalue weighted by atomic mass is 15.2. The van der Waals surface area contributed by atoms with Gasteiger partial charge in [0, 0.05) is 11.5 Å². The second-order valence-corrected chi connectivity index (χ2v) is 2.62. The largest absolute Gasteiger partial charge is 0.257 e. The molecular formula is C9H11N3+2.